The monoisotopic (exact) mass is 714 g/mol. The standard InChI is InChI=1S/C40H46N2O6S2/c1-5-9-12-26(7-3)23-41-36(32-14-11-21-49-32)34-35(39(41)45)37(42(38(34)44)24-27(8-4)13-10-6-2)33-20-19-31(50-33)29-17-15-28(16-18-29)22-30(40(46)47)48-25-43/h11,14-22,25-27H,5-10,12-13,23-24H2,1-4H3,(H,46,47)/b30-22-. The van der Waals surface area contributed by atoms with E-state index in [1.54, 1.807) is 23.5 Å². The molecule has 8 nitrogen and oxygen atoms in total. The number of benzene rings is 1. The third-order valence-corrected chi connectivity index (χ3v) is 11.6. The molecule has 2 unspecified atom stereocenters. The minimum absolute atomic E-state index is 0.0909. The average molecular weight is 715 g/mol. The molecule has 10 heteroatoms. The lowest BCUT2D eigenvalue weighted by molar-refractivity contribution is -0.141. The second kappa shape index (κ2) is 17.1. The van der Waals surface area contributed by atoms with Crippen molar-refractivity contribution in [3.8, 4) is 10.4 Å². The zero-order valence-corrected chi connectivity index (χ0v) is 30.9. The van der Waals surface area contributed by atoms with Crippen LogP contribution in [0, 0.1) is 11.8 Å². The van der Waals surface area contributed by atoms with E-state index in [0.717, 1.165) is 77.3 Å². The van der Waals surface area contributed by atoms with Gasteiger partial charge in [0.15, 0.2) is 0 Å². The van der Waals surface area contributed by atoms with Crippen LogP contribution in [-0.2, 0) is 23.9 Å². The summed E-state index contributed by atoms with van der Waals surface area (Å²) in [5.74, 6) is -1.34. The number of aliphatic carboxylic acids is 1. The molecule has 0 radical (unpaired) electrons. The molecule has 0 aliphatic carbocycles. The maximum absolute atomic E-state index is 14.7. The van der Waals surface area contributed by atoms with Crippen molar-refractivity contribution in [2.45, 2.75) is 79.1 Å². The van der Waals surface area contributed by atoms with Crippen molar-refractivity contribution in [1.29, 1.82) is 0 Å². The fourth-order valence-electron chi connectivity index (χ4n) is 6.73. The van der Waals surface area contributed by atoms with Crippen molar-refractivity contribution in [3.63, 3.8) is 0 Å². The molecule has 2 aliphatic heterocycles. The topological polar surface area (TPSA) is 104 Å². The molecule has 264 valence electrons. The zero-order valence-electron chi connectivity index (χ0n) is 29.3. The van der Waals surface area contributed by atoms with E-state index in [2.05, 4.69) is 32.4 Å². The number of carboxylic acids is 1. The molecule has 5 rings (SSSR count). The molecule has 0 fully saturated rings. The van der Waals surface area contributed by atoms with E-state index >= 15 is 0 Å². The van der Waals surface area contributed by atoms with Crippen molar-refractivity contribution in [1.82, 2.24) is 9.80 Å². The SMILES string of the molecule is CCCCC(CC)CN1C(=O)C2=C(c3ccc(-c4ccc(/C=C(\OC=O)C(=O)O)cc4)s3)N(CC(CC)CCCC)C(=O)C2=C1c1cccs1. The lowest BCUT2D eigenvalue weighted by Gasteiger charge is -2.29. The highest BCUT2D eigenvalue weighted by molar-refractivity contribution is 7.16. The minimum atomic E-state index is -1.34. The summed E-state index contributed by atoms with van der Waals surface area (Å²) in [7, 11) is 0. The molecular weight excluding hydrogens is 669 g/mol. The molecule has 2 amide bonds. The zero-order chi connectivity index (χ0) is 35.8. The van der Waals surface area contributed by atoms with Crippen molar-refractivity contribution in [2.75, 3.05) is 13.1 Å². The number of fused-ring (bicyclic) bond motifs is 1. The fourth-order valence-corrected chi connectivity index (χ4v) is 8.59. The van der Waals surface area contributed by atoms with Crippen molar-refractivity contribution in [3.05, 3.63) is 86.1 Å². The second-order valence-electron chi connectivity index (χ2n) is 12.9. The van der Waals surface area contributed by atoms with Gasteiger partial charge in [0.2, 0.25) is 5.76 Å². The lowest BCUT2D eigenvalue weighted by atomic mass is 9.98. The van der Waals surface area contributed by atoms with E-state index in [1.807, 2.05) is 51.6 Å². The number of ether oxygens (including phenoxy) is 1. The lowest BCUT2D eigenvalue weighted by Crippen LogP contribution is -2.34. The molecule has 50 heavy (non-hydrogen) atoms. The Hall–Kier alpha value is -4.28. The first kappa shape index (κ1) is 37.0. The number of thiophene rings is 2. The van der Waals surface area contributed by atoms with Gasteiger partial charge >= 0.3 is 5.97 Å². The third-order valence-electron chi connectivity index (χ3n) is 9.62. The Morgan fingerprint density at radius 3 is 1.84 bits per heavy atom. The number of carboxylic acid groups (broad SMARTS) is 1. The predicted octanol–water partition coefficient (Wildman–Crippen LogP) is 9.31. The summed E-state index contributed by atoms with van der Waals surface area (Å²) in [6.07, 6.45) is 9.62. The summed E-state index contributed by atoms with van der Waals surface area (Å²) in [4.78, 5) is 58.0. The number of rotatable bonds is 19. The number of amides is 2. The van der Waals surface area contributed by atoms with Gasteiger partial charge in [0, 0.05) is 18.0 Å². The number of nitrogens with zero attached hydrogens (tertiary/aromatic N) is 2. The summed E-state index contributed by atoms with van der Waals surface area (Å²) >= 11 is 3.10. The smallest absolute Gasteiger partial charge is 0.371 e. The van der Waals surface area contributed by atoms with Crippen LogP contribution in [0.3, 0.4) is 0 Å². The van der Waals surface area contributed by atoms with Gasteiger partial charge in [-0.25, -0.2) is 4.79 Å². The molecule has 4 heterocycles. The van der Waals surface area contributed by atoms with E-state index in [-0.39, 0.29) is 18.3 Å². The van der Waals surface area contributed by atoms with Gasteiger partial charge in [-0.3, -0.25) is 14.4 Å². The number of carbonyl (C=O) groups excluding carboxylic acids is 3. The van der Waals surface area contributed by atoms with Crippen molar-refractivity contribution in [2.24, 2.45) is 11.8 Å². The van der Waals surface area contributed by atoms with Crippen LogP contribution in [0.15, 0.2) is 70.8 Å². The van der Waals surface area contributed by atoms with Crippen LogP contribution >= 0.6 is 22.7 Å². The summed E-state index contributed by atoms with van der Waals surface area (Å²) in [6, 6.07) is 15.3. The summed E-state index contributed by atoms with van der Waals surface area (Å²) in [6.45, 7) is 9.95. The number of hydrogen-bond acceptors (Lipinski definition) is 7. The van der Waals surface area contributed by atoms with E-state index in [1.165, 1.54) is 17.4 Å². The normalized spacial score (nSPS) is 16.0. The highest BCUT2D eigenvalue weighted by Gasteiger charge is 2.49. The van der Waals surface area contributed by atoms with E-state index in [4.69, 9.17) is 0 Å². The van der Waals surface area contributed by atoms with Crippen molar-refractivity contribution >= 4 is 64.4 Å². The Labute approximate surface area is 302 Å². The van der Waals surface area contributed by atoms with Crippen LogP contribution in [-0.4, -0.2) is 52.3 Å². The quantitative estimate of drug-likeness (QED) is 0.0754. The highest BCUT2D eigenvalue weighted by atomic mass is 32.1. The van der Waals surface area contributed by atoms with Crippen LogP contribution in [0.5, 0.6) is 0 Å². The van der Waals surface area contributed by atoms with Crippen LogP contribution < -0.4 is 0 Å². The van der Waals surface area contributed by atoms with Gasteiger partial charge in [0.05, 0.1) is 32.3 Å². The van der Waals surface area contributed by atoms with Crippen LogP contribution in [0.25, 0.3) is 27.9 Å². The Kier molecular flexibility index (Phi) is 12.6. The van der Waals surface area contributed by atoms with Crippen LogP contribution in [0.4, 0.5) is 0 Å². The molecule has 2 atom stereocenters. The average Bonchev–Trinajstić information content (AvgIpc) is 3.92. The van der Waals surface area contributed by atoms with Crippen LogP contribution in [0.1, 0.15) is 94.4 Å². The molecule has 0 bridgehead atoms. The molecule has 2 aliphatic rings. The molecule has 1 N–H and O–H groups in total. The fraction of sp³-hybridized carbons (Fsp3) is 0.400. The first-order chi connectivity index (χ1) is 24.3. The Balaban J connectivity index is 1.59. The number of unbranched alkanes of at least 4 members (excludes halogenated alkanes) is 2. The van der Waals surface area contributed by atoms with E-state index in [9.17, 15) is 24.3 Å². The highest BCUT2D eigenvalue weighted by Crippen LogP contribution is 2.49. The molecule has 1 aromatic carbocycles. The van der Waals surface area contributed by atoms with Gasteiger partial charge in [-0.2, -0.15) is 0 Å². The molecule has 2 aromatic heterocycles. The molecule has 0 saturated carbocycles. The van der Waals surface area contributed by atoms with Gasteiger partial charge < -0.3 is 19.6 Å². The Morgan fingerprint density at radius 1 is 0.800 bits per heavy atom. The first-order valence-corrected chi connectivity index (χ1v) is 19.4. The first-order valence-electron chi connectivity index (χ1n) is 17.7. The number of hydrogen-bond donors (Lipinski definition) is 1. The van der Waals surface area contributed by atoms with Gasteiger partial charge in [-0.1, -0.05) is 96.6 Å². The van der Waals surface area contributed by atoms with Crippen molar-refractivity contribution < 1.29 is 29.0 Å². The molecule has 0 spiro atoms. The largest absolute Gasteiger partial charge is 0.475 e. The van der Waals surface area contributed by atoms with Gasteiger partial charge in [0.1, 0.15) is 0 Å². The molecule has 3 aromatic rings. The third kappa shape index (κ3) is 7.87. The predicted molar refractivity (Wildman–Crippen MR) is 201 cm³/mol. The summed E-state index contributed by atoms with van der Waals surface area (Å²) in [5, 5.41) is 11.3. The minimum Gasteiger partial charge on any atom is -0.475 e. The Bertz CT molecular complexity index is 1780. The second-order valence-corrected chi connectivity index (χ2v) is 14.9. The maximum atomic E-state index is 14.7. The van der Waals surface area contributed by atoms with Gasteiger partial charge in [-0.15, -0.1) is 22.7 Å². The van der Waals surface area contributed by atoms with E-state index in [0.29, 0.717) is 47.3 Å². The number of carbonyl (C=O) groups is 4. The van der Waals surface area contributed by atoms with Gasteiger partial charge in [0.25, 0.3) is 18.3 Å². The van der Waals surface area contributed by atoms with Crippen LogP contribution in [0.2, 0.25) is 0 Å². The summed E-state index contributed by atoms with van der Waals surface area (Å²) in [5.41, 5.74) is 3.97. The summed E-state index contributed by atoms with van der Waals surface area (Å²) < 4.78 is 4.60. The maximum Gasteiger partial charge on any atom is 0.371 e. The van der Waals surface area contributed by atoms with Gasteiger partial charge in [-0.05, 0) is 65.5 Å². The molecule has 0 saturated heterocycles. The Morgan fingerprint density at radius 2 is 1.36 bits per heavy atom. The molecular formula is C40H46N2O6S2. The van der Waals surface area contributed by atoms with E-state index < -0.39 is 11.7 Å².